The molecule has 0 aliphatic rings. The van der Waals surface area contributed by atoms with Gasteiger partial charge in [0, 0.05) is 29.3 Å². The fourth-order valence-corrected chi connectivity index (χ4v) is 3.92. The summed E-state index contributed by atoms with van der Waals surface area (Å²) >= 11 is 0. The second-order valence-corrected chi connectivity index (χ2v) is 6.29. The van der Waals surface area contributed by atoms with Crippen LogP contribution in [0.15, 0.2) is 66.7 Å². The number of fused-ring (bicyclic) bond motifs is 7. The second kappa shape index (κ2) is 4.75. The largest absolute Gasteiger partial charge is 0.497 e. The fraction of sp³-hybridized carbons (Fsp3) is 0.0909. The monoisotopic (exact) mass is 311 g/mol. The van der Waals surface area contributed by atoms with Crippen LogP contribution in [0.3, 0.4) is 0 Å². The summed E-state index contributed by atoms with van der Waals surface area (Å²) in [6.45, 7) is 0. The molecule has 1 aromatic heterocycles. The molecule has 2 heteroatoms. The normalized spacial score (nSPS) is 11.8. The van der Waals surface area contributed by atoms with E-state index < -0.39 is 0 Å². The number of hydrogen-bond acceptors (Lipinski definition) is 1. The summed E-state index contributed by atoms with van der Waals surface area (Å²) in [5, 5.41) is 7.74. The van der Waals surface area contributed by atoms with Crippen LogP contribution in [-0.2, 0) is 7.05 Å². The van der Waals surface area contributed by atoms with Gasteiger partial charge in [-0.15, -0.1) is 0 Å². The number of hydrogen-bond donors (Lipinski definition) is 0. The van der Waals surface area contributed by atoms with Gasteiger partial charge in [0.2, 0.25) is 0 Å². The number of ether oxygens (including phenoxy) is 1. The van der Waals surface area contributed by atoms with Gasteiger partial charge in [0.05, 0.1) is 18.1 Å². The van der Waals surface area contributed by atoms with Gasteiger partial charge in [-0.25, -0.2) is 0 Å². The standard InChI is InChI=1S/C22H17NO/c1-23-21-13-15(24-2)8-10-18(21)20-12-11-17-16-6-4-3-5-14(16)7-9-19(17)22(20)23/h3-13H,1-2H3. The number of aromatic nitrogens is 1. The molecule has 0 N–H and O–H groups in total. The smallest absolute Gasteiger partial charge is 0.120 e. The van der Waals surface area contributed by atoms with Gasteiger partial charge in [0.25, 0.3) is 0 Å². The summed E-state index contributed by atoms with van der Waals surface area (Å²) in [5.74, 6) is 0.892. The van der Waals surface area contributed by atoms with Crippen molar-refractivity contribution in [1.29, 1.82) is 0 Å². The Labute approximate surface area is 139 Å². The molecule has 0 bridgehead atoms. The molecule has 116 valence electrons. The van der Waals surface area contributed by atoms with Crippen LogP contribution in [0.2, 0.25) is 0 Å². The molecule has 24 heavy (non-hydrogen) atoms. The first-order valence-corrected chi connectivity index (χ1v) is 8.14. The number of rotatable bonds is 1. The van der Waals surface area contributed by atoms with Crippen LogP contribution in [0.5, 0.6) is 5.75 Å². The van der Waals surface area contributed by atoms with E-state index in [1.807, 2.05) is 6.07 Å². The molecule has 5 aromatic rings. The van der Waals surface area contributed by atoms with E-state index in [2.05, 4.69) is 72.3 Å². The van der Waals surface area contributed by atoms with Crippen molar-refractivity contribution in [3.8, 4) is 5.75 Å². The Bertz CT molecular complexity index is 1250. The summed E-state index contributed by atoms with van der Waals surface area (Å²) in [6.07, 6.45) is 0. The lowest BCUT2D eigenvalue weighted by Gasteiger charge is -2.07. The van der Waals surface area contributed by atoms with Crippen molar-refractivity contribution in [2.45, 2.75) is 0 Å². The SMILES string of the molecule is COc1ccc2c3ccc4c5ccccc5ccc4c3n(C)c2c1. The predicted octanol–water partition coefficient (Wildman–Crippen LogP) is 5.65. The highest BCUT2D eigenvalue weighted by Gasteiger charge is 2.13. The molecule has 0 saturated carbocycles. The lowest BCUT2D eigenvalue weighted by atomic mass is 9.99. The molecule has 2 nitrogen and oxygen atoms in total. The molecule has 4 aromatic carbocycles. The molecule has 0 atom stereocenters. The third-order valence-corrected chi connectivity index (χ3v) is 5.09. The van der Waals surface area contributed by atoms with E-state index in [9.17, 15) is 0 Å². The summed E-state index contributed by atoms with van der Waals surface area (Å²) < 4.78 is 7.69. The quantitative estimate of drug-likeness (QED) is 0.365. The number of methoxy groups -OCH3 is 1. The summed E-state index contributed by atoms with van der Waals surface area (Å²) in [6, 6.07) is 23.8. The molecular formula is C22H17NO. The van der Waals surface area contributed by atoms with E-state index in [4.69, 9.17) is 4.74 Å². The molecule has 0 amide bonds. The lowest BCUT2D eigenvalue weighted by molar-refractivity contribution is 0.415. The van der Waals surface area contributed by atoms with Crippen LogP contribution in [0.1, 0.15) is 0 Å². The Morgan fingerprint density at radius 1 is 0.708 bits per heavy atom. The Kier molecular flexibility index (Phi) is 2.66. The number of aryl methyl sites for hydroxylation is 1. The van der Waals surface area contributed by atoms with Crippen LogP contribution in [0.4, 0.5) is 0 Å². The zero-order chi connectivity index (χ0) is 16.3. The minimum atomic E-state index is 0.892. The first-order chi connectivity index (χ1) is 11.8. The van der Waals surface area contributed by atoms with E-state index in [1.165, 1.54) is 43.4 Å². The third-order valence-electron chi connectivity index (χ3n) is 5.09. The van der Waals surface area contributed by atoms with Gasteiger partial charge in [-0.3, -0.25) is 0 Å². The number of nitrogens with zero attached hydrogens (tertiary/aromatic N) is 1. The van der Waals surface area contributed by atoms with Gasteiger partial charge < -0.3 is 9.30 Å². The van der Waals surface area contributed by atoms with Crippen LogP contribution in [0.25, 0.3) is 43.4 Å². The average Bonchev–Trinajstić information content (AvgIpc) is 2.93. The Balaban J connectivity index is 2.02. The van der Waals surface area contributed by atoms with Crippen LogP contribution >= 0.6 is 0 Å². The van der Waals surface area contributed by atoms with Gasteiger partial charge in [-0.05, 0) is 28.3 Å². The molecule has 0 saturated heterocycles. The van der Waals surface area contributed by atoms with Crippen LogP contribution < -0.4 is 4.74 Å². The maximum absolute atomic E-state index is 5.41. The lowest BCUT2D eigenvalue weighted by Crippen LogP contribution is -1.89. The van der Waals surface area contributed by atoms with E-state index in [0.717, 1.165) is 5.75 Å². The molecule has 1 heterocycles. The zero-order valence-corrected chi connectivity index (χ0v) is 13.7. The first-order valence-electron chi connectivity index (χ1n) is 8.14. The number of benzene rings is 4. The molecule has 0 aliphatic carbocycles. The Hall–Kier alpha value is -3.00. The molecule has 0 fully saturated rings. The molecule has 5 rings (SSSR count). The van der Waals surface area contributed by atoms with Gasteiger partial charge in [-0.1, -0.05) is 48.5 Å². The highest BCUT2D eigenvalue weighted by Crippen LogP contribution is 2.37. The van der Waals surface area contributed by atoms with Gasteiger partial charge in [0.1, 0.15) is 5.75 Å². The summed E-state index contributed by atoms with van der Waals surface area (Å²) in [7, 11) is 3.85. The highest BCUT2D eigenvalue weighted by atomic mass is 16.5. The second-order valence-electron chi connectivity index (χ2n) is 6.29. The molecular weight excluding hydrogens is 294 g/mol. The van der Waals surface area contributed by atoms with Crippen molar-refractivity contribution in [1.82, 2.24) is 4.57 Å². The third kappa shape index (κ3) is 1.65. The van der Waals surface area contributed by atoms with Crippen LogP contribution in [0, 0.1) is 0 Å². The average molecular weight is 311 g/mol. The molecule has 0 spiro atoms. The van der Waals surface area contributed by atoms with Crippen molar-refractivity contribution < 1.29 is 4.74 Å². The van der Waals surface area contributed by atoms with Gasteiger partial charge in [-0.2, -0.15) is 0 Å². The minimum absolute atomic E-state index is 0.892. The highest BCUT2D eigenvalue weighted by molar-refractivity contribution is 6.22. The molecule has 0 aliphatic heterocycles. The van der Waals surface area contributed by atoms with Crippen molar-refractivity contribution in [2.24, 2.45) is 7.05 Å². The Morgan fingerprint density at radius 3 is 2.29 bits per heavy atom. The van der Waals surface area contributed by atoms with Crippen molar-refractivity contribution in [2.75, 3.05) is 7.11 Å². The minimum Gasteiger partial charge on any atom is -0.497 e. The van der Waals surface area contributed by atoms with E-state index in [1.54, 1.807) is 7.11 Å². The van der Waals surface area contributed by atoms with Crippen LogP contribution in [-0.4, -0.2) is 11.7 Å². The van der Waals surface area contributed by atoms with E-state index in [0.29, 0.717) is 0 Å². The molecule has 0 unspecified atom stereocenters. The van der Waals surface area contributed by atoms with Crippen molar-refractivity contribution >= 4 is 43.4 Å². The van der Waals surface area contributed by atoms with Crippen molar-refractivity contribution in [3.05, 3.63) is 66.7 Å². The van der Waals surface area contributed by atoms with Crippen molar-refractivity contribution in [3.63, 3.8) is 0 Å². The maximum atomic E-state index is 5.41. The Morgan fingerprint density at radius 2 is 1.42 bits per heavy atom. The first kappa shape index (κ1) is 13.4. The summed E-state index contributed by atoms with van der Waals surface area (Å²) in [4.78, 5) is 0. The maximum Gasteiger partial charge on any atom is 0.120 e. The molecule has 0 radical (unpaired) electrons. The van der Waals surface area contributed by atoms with Gasteiger partial charge >= 0.3 is 0 Å². The topological polar surface area (TPSA) is 14.2 Å². The van der Waals surface area contributed by atoms with Gasteiger partial charge in [0.15, 0.2) is 0 Å². The predicted molar refractivity (Wildman–Crippen MR) is 102 cm³/mol. The van der Waals surface area contributed by atoms with E-state index in [-0.39, 0.29) is 0 Å². The van der Waals surface area contributed by atoms with E-state index >= 15 is 0 Å². The summed E-state index contributed by atoms with van der Waals surface area (Å²) in [5.41, 5.74) is 2.48. The zero-order valence-electron chi connectivity index (χ0n) is 13.7. The fourth-order valence-electron chi connectivity index (χ4n) is 3.92.